The molecule has 2 fully saturated rings. The van der Waals surface area contributed by atoms with E-state index in [2.05, 4.69) is 45.7 Å². The van der Waals surface area contributed by atoms with E-state index in [1.807, 2.05) is 6.07 Å². The van der Waals surface area contributed by atoms with Crippen molar-refractivity contribution in [2.45, 2.75) is 31.0 Å². The summed E-state index contributed by atoms with van der Waals surface area (Å²) < 4.78 is 5.38. The van der Waals surface area contributed by atoms with Crippen LogP contribution in [0.5, 0.6) is 0 Å². The van der Waals surface area contributed by atoms with Crippen LogP contribution < -0.4 is 5.32 Å². The summed E-state index contributed by atoms with van der Waals surface area (Å²) >= 11 is 0. The number of likely N-dealkylation sites (tertiary alicyclic amines) is 1. The highest BCUT2D eigenvalue weighted by atomic mass is 16.5. The van der Waals surface area contributed by atoms with E-state index in [1.54, 1.807) is 0 Å². The molecule has 2 aromatic rings. The molecule has 3 aliphatic heterocycles. The number of Topliss-reactive ketones (excluding diaryl/α,β-unsaturated/α-hetero) is 1. The van der Waals surface area contributed by atoms with Gasteiger partial charge in [-0.05, 0) is 43.2 Å². The largest absolute Gasteiger partial charge is 0.483 e. The third-order valence-electron chi connectivity index (χ3n) is 5.94. The van der Waals surface area contributed by atoms with E-state index in [1.165, 1.54) is 11.1 Å². The average molecular weight is 384 g/mol. The molecule has 148 valence electrons. The maximum Gasteiger partial charge on any atom is 0.290 e. The highest BCUT2D eigenvalue weighted by Gasteiger charge is 2.48. The van der Waals surface area contributed by atoms with Gasteiger partial charge in [-0.1, -0.05) is 12.1 Å². The number of nitrogens with zero attached hydrogens (tertiary/aromatic N) is 2. The molecule has 1 unspecified atom stereocenters. The van der Waals surface area contributed by atoms with Crippen molar-refractivity contribution in [2.24, 2.45) is 0 Å². The standard InChI is InChI=1S/C19H22N4O2.CH2O2/c1-23-13-9-16(20-10-13)18(23)19(24)17-14-3-2-12(8-15(14)21-22-17)11-4-6-25-7-5-11;2-1-3/h2-4,8,13,16,18,20H,5-7,9-10H2,1H3,(H,21,22);1H,(H,2,3)/t13-,16+,18?;/m0./s1. The van der Waals surface area contributed by atoms with Crippen LogP contribution in [0, 0.1) is 0 Å². The van der Waals surface area contributed by atoms with E-state index >= 15 is 0 Å². The topological polar surface area (TPSA) is 108 Å². The van der Waals surface area contributed by atoms with Gasteiger partial charge in [0.1, 0.15) is 5.69 Å². The molecule has 4 heterocycles. The van der Waals surface area contributed by atoms with Crippen LogP contribution in [0.4, 0.5) is 0 Å². The second kappa shape index (κ2) is 7.83. The third-order valence-corrected chi connectivity index (χ3v) is 5.94. The smallest absolute Gasteiger partial charge is 0.290 e. The Kier molecular flexibility index (Phi) is 5.25. The van der Waals surface area contributed by atoms with E-state index in [-0.39, 0.29) is 24.3 Å². The van der Waals surface area contributed by atoms with E-state index in [0.717, 1.165) is 36.9 Å². The summed E-state index contributed by atoms with van der Waals surface area (Å²) in [7, 11) is 2.05. The van der Waals surface area contributed by atoms with Crippen LogP contribution in [0.25, 0.3) is 16.5 Å². The van der Waals surface area contributed by atoms with E-state index in [4.69, 9.17) is 14.6 Å². The number of aromatic amines is 1. The van der Waals surface area contributed by atoms with Crippen LogP contribution >= 0.6 is 0 Å². The summed E-state index contributed by atoms with van der Waals surface area (Å²) in [6, 6.07) is 6.83. The average Bonchev–Trinajstić information content (AvgIpc) is 3.43. The number of carbonyl (C=O) groups is 2. The lowest BCUT2D eigenvalue weighted by Crippen LogP contribution is -2.53. The number of piperazine rings is 1. The van der Waals surface area contributed by atoms with Gasteiger partial charge in [-0.25, -0.2) is 0 Å². The maximum absolute atomic E-state index is 13.1. The first-order valence-corrected chi connectivity index (χ1v) is 9.46. The van der Waals surface area contributed by atoms with Gasteiger partial charge in [0.15, 0.2) is 0 Å². The Morgan fingerprint density at radius 2 is 2.25 bits per heavy atom. The fraction of sp³-hybridized carbons (Fsp3) is 0.450. The number of hydrogen-bond acceptors (Lipinski definition) is 6. The molecular weight excluding hydrogens is 360 g/mol. The molecular formula is C20H24N4O4. The highest BCUT2D eigenvalue weighted by molar-refractivity contribution is 6.09. The minimum atomic E-state index is -0.250. The molecule has 3 atom stereocenters. The fourth-order valence-electron chi connectivity index (χ4n) is 4.51. The second-order valence-corrected chi connectivity index (χ2v) is 7.37. The Hall–Kier alpha value is -2.55. The zero-order valence-corrected chi connectivity index (χ0v) is 15.7. The number of fused-ring (bicyclic) bond motifs is 3. The minimum Gasteiger partial charge on any atom is -0.483 e. The van der Waals surface area contributed by atoms with Crippen molar-refractivity contribution in [3.05, 3.63) is 35.5 Å². The van der Waals surface area contributed by atoms with Crippen LogP contribution in [0.2, 0.25) is 0 Å². The summed E-state index contributed by atoms with van der Waals surface area (Å²) in [5, 5.41) is 18.7. The Bertz CT molecular complexity index is 920. The molecule has 0 spiro atoms. The van der Waals surface area contributed by atoms with Crippen molar-refractivity contribution in [1.29, 1.82) is 0 Å². The van der Waals surface area contributed by atoms with Gasteiger partial charge in [-0.15, -0.1) is 0 Å². The molecule has 2 bridgehead atoms. The summed E-state index contributed by atoms with van der Waals surface area (Å²) in [5.74, 6) is 0.117. The summed E-state index contributed by atoms with van der Waals surface area (Å²) in [6.45, 7) is 2.16. The molecule has 8 heteroatoms. The quantitative estimate of drug-likeness (QED) is 0.541. The van der Waals surface area contributed by atoms with Crippen LogP contribution in [0.15, 0.2) is 24.3 Å². The van der Waals surface area contributed by atoms with Crippen LogP contribution in [0.1, 0.15) is 28.9 Å². The van der Waals surface area contributed by atoms with Gasteiger partial charge in [-0.3, -0.25) is 19.6 Å². The SMILES string of the molecule is CN1C(C(=O)c2n[nH]c3cc(C4=CCOCC4)ccc23)[C@H]2C[C@H]1CN2.O=CO. The van der Waals surface area contributed by atoms with E-state index in [9.17, 15) is 4.79 Å². The molecule has 3 aliphatic rings. The predicted octanol–water partition coefficient (Wildman–Crippen LogP) is 1.29. The summed E-state index contributed by atoms with van der Waals surface area (Å²) in [6.07, 6.45) is 4.10. The number of ketones is 1. The number of rotatable bonds is 3. The minimum absolute atomic E-state index is 0.108. The lowest BCUT2D eigenvalue weighted by molar-refractivity contribution is -0.122. The Labute approximate surface area is 162 Å². The number of carboxylic acid groups (broad SMARTS) is 1. The van der Waals surface area contributed by atoms with Crippen molar-refractivity contribution >= 4 is 28.7 Å². The van der Waals surface area contributed by atoms with Gasteiger partial charge in [0.05, 0.1) is 24.8 Å². The molecule has 0 aliphatic carbocycles. The van der Waals surface area contributed by atoms with Gasteiger partial charge in [-0.2, -0.15) is 5.10 Å². The monoisotopic (exact) mass is 384 g/mol. The number of H-pyrrole nitrogens is 1. The van der Waals surface area contributed by atoms with Crippen molar-refractivity contribution < 1.29 is 19.4 Å². The molecule has 0 radical (unpaired) electrons. The molecule has 0 saturated carbocycles. The zero-order chi connectivity index (χ0) is 19.7. The molecule has 1 aromatic carbocycles. The Balaban J connectivity index is 0.000000604. The number of hydrogen-bond donors (Lipinski definition) is 3. The van der Waals surface area contributed by atoms with E-state index in [0.29, 0.717) is 18.3 Å². The van der Waals surface area contributed by atoms with Crippen LogP contribution in [-0.4, -0.2) is 77.4 Å². The van der Waals surface area contributed by atoms with Gasteiger partial charge in [0.2, 0.25) is 5.78 Å². The van der Waals surface area contributed by atoms with Crippen molar-refractivity contribution in [3.63, 3.8) is 0 Å². The van der Waals surface area contributed by atoms with Crippen molar-refractivity contribution in [2.75, 3.05) is 26.8 Å². The van der Waals surface area contributed by atoms with Crippen LogP contribution in [0.3, 0.4) is 0 Å². The lowest BCUT2D eigenvalue weighted by Gasteiger charge is -2.30. The molecule has 0 amide bonds. The molecule has 5 rings (SSSR count). The summed E-state index contributed by atoms with van der Waals surface area (Å²) in [5.41, 5.74) is 3.96. The first-order valence-electron chi connectivity index (χ1n) is 9.46. The zero-order valence-electron chi connectivity index (χ0n) is 15.7. The van der Waals surface area contributed by atoms with Crippen molar-refractivity contribution in [3.8, 4) is 0 Å². The first-order chi connectivity index (χ1) is 13.6. The van der Waals surface area contributed by atoms with Gasteiger partial charge < -0.3 is 15.2 Å². The normalized spacial score (nSPS) is 26.6. The molecule has 1 aromatic heterocycles. The first kappa shape index (κ1) is 18.8. The Morgan fingerprint density at radius 3 is 2.93 bits per heavy atom. The van der Waals surface area contributed by atoms with Crippen molar-refractivity contribution in [1.82, 2.24) is 20.4 Å². The number of likely N-dealkylation sites (N-methyl/N-ethyl adjacent to an activating group) is 1. The predicted molar refractivity (Wildman–Crippen MR) is 104 cm³/mol. The fourth-order valence-corrected chi connectivity index (χ4v) is 4.51. The number of carbonyl (C=O) groups excluding carboxylic acids is 1. The number of ether oxygens (including phenoxy) is 1. The number of aromatic nitrogens is 2. The molecule has 8 nitrogen and oxygen atoms in total. The number of benzene rings is 1. The molecule has 3 N–H and O–H groups in total. The number of nitrogens with one attached hydrogen (secondary N) is 2. The van der Waals surface area contributed by atoms with Gasteiger partial charge >= 0.3 is 0 Å². The van der Waals surface area contributed by atoms with Crippen LogP contribution in [-0.2, 0) is 9.53 Å². The summed E-state index contributed by atoms with van der Waals surface area (Å²) in [4.78, 5) is 23.7. The Morgan fingerprint density at radius 1 is 1.43 bits per heavy atom. The molecule has 28 heavy (non-hydrogen) atoms. The third kappa shape index (κ3) is 3.23. The van der Waals surface area contributed by atoms with E-state index < -0.39 is 0 Å². The maximum atomic E-state index is 13.1. The lowest BCUT2D eigenvalue weighted by atomic mass is 9.97. The highest BCUT2D eigenvalue weighted by Crippen LogP contribution is 2.32. The van der Waals surface area contributed by atoms with Gasteiger partial charge in [0.25, 0.3) is 6.47 Å². The molecule has 2 saturated heterocycles. The van der Waals surface area contributed by atoms with Gasteiger partial charge in [0, 0.05) is 24.0 Å². The second-order valence-electron chi connectivity index (χ2n) is 7.37.